The third kappa shape index (κ3) is 4.97. The molecule has 116 valence electrons. The van der Waals surface area contributed by atoms with Gasteiger partial charge in [0.15, 0.2) is 0 Å². The number of carbonyl (C=O) groups excluding carboxylic acids is 1. The Kier molecular flexibility index (Phi) is 6.16. The molecule has 0 aliphatic heterocycles. The third-order valence-electron chi connectivity index (χ3n) is 3.42. The van der Waals surface area contributed by atoms with Gasteiger partial charge in [-0.25, -0.2) is 0 Å². The van der Waals surface area contributed by atoms with E-state index in [0.717, 1.165) is 10.2 Å². The maximum Gasteiger partial charge on any atom is 0.238 e. The largest absolute Gasteiger partial charge is 0.325 e. The summed E-state index contributed by atoms with van der Waals surface area (Å²) in [6.45, 7) is 4.58. The van der Waals surface area contributed by atoms with E-state index in [2.05, 4.69) is 52.5 Å². The molecule has 0 aliphatic rings. The lowest BCUT2D eigenvalue weighted by molar-refractivity contribution is -0.115. The smallest absolute Gasteiger partial charge is 0.238 e. The summed E-state index contributed by atoms with van der Waals surface area (Å²) in [7, 11) is 0. The summed E-state index contributed by atoms with van der Waals surface area (Å²) in [4.78, 5) is 12.1. The van der Waals surface area contributed by atoms with E-state index in [1.165, 1.54) is 5.56 Å². The van der Waals surface area contributed by atoms with Crippen LogP contribution in [0.25, 0.3) is 0 Å². The maximum atomic E-state index is 12.1. The first kappa shape index (κ1) is 16.7. The van der Waals surface area contributed by atoms with E-state index in [0.29, 0.717) is 5.92 Å². The molecule has 22 heavy (non-hydrogen) atoms. The molecule has 0 unspecified atom stereocenters. The van der Waals surface area contributed by atoms with Crippen molar-refractivity contribution in [2.24, 2.45) is 5.92 Å². The first-order valence-electron chi connectivity index (χ1n) is 7.40. The van der Waals surface area contributed by atoms with Gasteiger partial charge in [-0.05, 0) is 29.7 Å². The summed E-state index contributed by atoms with van der Waals surface area (Å²) < 4.78 is 0.947. The number of anilines is 1. The molecular formula is C18H21BrN2O. The van der Waals surface area contributed by atoms with Gasteiger partial charge in [0.05, 0.1) is 6.54 Å². The standard InChI is InChI=1S/C18H21BrN2O/c1-13(2)18(14-7-4-3-5-8-14)20-12-17(22)21-16-10-6-9-15(19)11-16/h3-11,13,18,20H,12H2,1-2H3,(H,21,22)/t18-/m0/s1. The lowest BCUT2D eigenvalue weighted by Crippen LogP contribution is -2.33. The predicted octanol–water partition coefficient (Wildman–Crippen LogP) is 4.37. The van der Waals surface area contributed by atoms with Crippen molar-refractivity contribution in [1.29, 1.82) is 0 Å². The number of rotatable bonds is 6. The molecule has 0 saturated carbocycles. The molecule has 0 spiro atoms. The summed E-state index contributed by atoms with van der Waals surface area (Å²) >= 11 is 3.40. The minimum Gasteiger partial charge on any atom is -0.325 e. The molecule has 4 heteroatoms. The summed E-state index contributed by atoms with van der Waals surface area (Å²) in [5.41, 5.74) is 2.00. The Morgan fingerprint density at radius 1 is 1.09 bits per heavy atom. The SMILES string of the molecule is CC(C)[C@H](NCC(=O)Nc1cccc(Br)c1)c1ccccc1. The third-order valence-corrected chi connectivity index (χ3v) is 3.91. The molecule has 0 saturated heterocycles. The Hall–Kier alpha value is -1.65. The van der Waals surface area contributed by atoms with E-state index in [4.69, 9.17) is 0 Å². The van der Waals surface area contributed by atoms with Crippen LogP contribution in [-0.2, 0) is 4.79 Å². The zero-order valence-corrected chi connectivity index (χ0v) is 14.4. The molecule has 2 N–H and O–H groups in total. The predicted molar refractivity (Wildman–Crippen MR) is 94.8 cm³/mol. The first-order chi connectivity index (χ1) is 10.6. The average Bonchev–Trinajstić information content (AvgIpc) is 2.48. The van der Waals surface area contributed by atoms with Crippen molar-refractivity contribution in [2.45, 2.75) is 19.9 Å². The molecule has 0 bridgehead atoms. The Morgan fingerprint density at radius 3 is 2.45 bits per heavy atom. The highest BCUT2D eigenvalue weighted by Gasteiger charge is 2.16. The normalized spacial score (nSPS) is 12.2. The van der Waals surface area contributed by atoms with E-state index in [9.17, 15) is 4.79 Å². The second kappa shape index (κ2) is 8.11. The lowest BCUT2D eigenvalue weighted by Gasteiger charge is -2.22. The van der Waals surface area contributed by atoms with Crippen LogP contribution in [0.5, 0.6) is 0 Å². The van der Waals surface area contributed by atoms with E-state index in [1.54, 1.807) is 0 Å². The zero-order chi connectivity index (χ0) is 15.9. The molecule has 2 aromatic rings. The molecule has 0 aliphatic carbocycles. The second-order valence-corrected chi connectivity index (χ2v) is 6.49. The van der Waals surface area contributed by atoms with Gasteiger partial charge in [-0.2, -0.15) is 0 Å². The molecule has 1 amide bonds. The Bertz CT molecular complexity index is 613. The molecule has 0 radical (unpaired) electrons. The van der Waals surface area contributed by atoms with Crippen LogP contribution in [0.1, 0.15) is 25.5 Å². The lowest BCUT2D eigenvalue weighted by atomic mass is 9.96. The number of hydrogen-bond acceptors (Lipinski definition) is 2. The van der Waals surface area contributed by atoms with Gasteiger partial charge in [-0.3, -0.25) is 4.79 Å². The molecule has 0 heterocycles. The molecule has 0 fully saturated rings. The number of benzene rings is 2. The van der Waals surface area contributed by atoms with Crippen molar-refractivity contribution in [3.63, 3.8) is 0 Å². The van der Waals surface area contributed by atoms with Crippen molar-refractivity contribution in [1.82, 2.24) is 5.32 Å². The molecular weight excluding hydrogens is 340 g/mol. The van der Waals surface area contributed by atoms with E-state index < -0.39 is 0 Å². The van der Waals surface area contributed by atoms with E-state index in [1.807, 2.05) is 42.5 Å². The summed E-state index contributed by atoms with van der Waals surface area (Å²) in [6, 6.07) is 18.0. The van der Waals surface area contributed by atoms with Crippen LogP contribution in [-0.4, -0.2) is 12.5 Å². The van der Waals surface area contributed by atoms with Gasteiger partial charge >= 0.3 is 0 Å². The fraction of sp³-hybridized carbons (Fsp3) is 0.278. The fourth-order valence-electron chi connectivity index (χ4n) is 2.37. The summed E-state index contributed by atoms with van der Waals surface area (Å²) in [5.74, 6) is 0.362. The maximum absolute atomic E-state index is 12.1. The van der Waals surface area contributed by atoms with Crippen LogP contribution in [0.15, 0.2) is 59.1 Å². The number of nitrogens with one attached hydrogen (secondary N) is 2. The minimum absolute atomic E-state index is 0.0420. The van der Waals surface area contributed by atoms with Gasteiger partial charge in [-0.1, -0.05) is 66.2 Å². The monoisotopic (exact) mass is 360 g/mol. The fourth-order valence-corrected chi connectivity index (χ4v) is 2.77. The Labute approximate surface area is 140 Å². The molecule has 1 atom stereocenters. The van der Waals surface area contributed by atoms with Gasteiger partial charge in [0.2, 0.25) is 5.91 Å². The number of halogens is 1. The van der Waals surface area contributed by atoms with Crippen molar-refractivity contribution in [2.75, 3.05) is 11.9 Å². The molecule has 3 nitrogen and oxygen atoms in total. The minimum atomic E-state index is -0.0420. The van der Waals surface area contributed by atoms with E-state index in [-0.39, 0.29) is 18.5 Å². The van der Waals surface area contributed by atoms with Crippen LogP contribution in [0.2, 0.25) is 0 Å². The highest BCUT2D eigenvalue weighted by Crippen LogP contribution is 2.21. The van der Waals surface area contributed by atoms with Crippen molar-refractivity contribution < 1.29 is 4.79 Å². The van der Waals surface area contributed by atoms with Gasteiger partial charge in [0.25, 0.3) is 0 Å². The van der Waals surface area contributed by atoms with Gasteiger partial charge in [0, 0.05) is 16.2 Å². The number of amides is 1. The quantitative estimate of drug-likeness (QED) is 0.802. The van der Waals surface area contributed by atoms with Crippen LogP contribution < -0.4 is 10.6 Å². The summed E-state index contributed by atoms with van der Waals surface area (Å²) in [6.07, 6.45) is 0. The van der Waals surface area contributed by atoms with Crippen LogP contribution in [0, 0.1) is 5.92 Å². The second-order valence-electron chi connectivity index (χ2n) is 5.57. The molecule has 2 rings (SSSR count). The molecule has 0 aromatic heterocycles. The van der Waals surface area contributed by atoms with Crippen LogP contribution in [0.3, 0.4) is 0 Å². The average molecular weight is 361 g/mol. The van der Waals surface area contributed by atoms with Crippen molar-refractivity contribution in [3.8, 4) is 0 Å². The number of hydrogen-bond donors (Lipinski definition) is 2. The van der Waals surface area contributed by atoms with Crippen LogP contribution >= 0.6 is 15.9 Å². The highest BCUT2D eigenvalue weighted by molar-refractivity contribution is 9.10. The summed E-state index contributed by atoms with van der Waals surface area (Å²) in [5, 5.41) is 6.24. The number of carbonyl (C=O) groups is 1. The van der Waals surface area contributed by atoms with Crippen molar-refractivity contribution >= 4 is 27.5 Å². The van der Waals surface area contributed by atoms with Gasteiger partial charge in [-0.15, -0.1) is 0 Å². The first-order valence-corrected chi connectivity index (χ1v) is 8.19. The molecule has 2 aromatic carbocycles. The highest BCUT2D eigenvalue weighted by atomic mass is 79.9. The topological polar surface area (TPSA) is 41.1 Å². The van der Waals surface area contributed by atoms with E-state index >= 15 is 0 Å². The Morgan fingerprint density at radius 2 is 1.82 bits per heavy atom. The zero-order valence-electron chi connectivity index (χ0n) is 12.8. The van der Waals surface area contributed by atoms with Crippen LogP contribution in [0.4, 0.5) is 5.69 Å². The Balaban J connectivity index is 1.94. The van der Waals surface area contributed by atoms with Gasteiger partial charge < -0.3 is 10.6 Å². The van der Waals surface area contributed by atoms with Crippen molar-refractivity contribution in [3.05, 3.63) is 64.6 Å². The van der Waals surface area contributed by atoms with Gasteiger partial charge in [0.1, 0.15) is 0 Å².